The minimum atomic E-state index is -4.56. The van der Waals surface area contributed by atoms with Gasteiger partial charge in [-0.3, -0.25) is 0 Å². The molecular weight excluding hydrogens is 561 g/mol. The van der Waals surface area contributed by atoms with Crippen molar-refractivity contribution < 1.29 is 22.3 Å². The number of ether oxygens (including phenoxy) is 1. The smallest absolute Gasteiger partial charge is 0.434 e. The summed E-state index contributed by atoms with van der Waals surface area (Å²) < 4.78 is 56.2. The van der Waals surface area contributed by atoms with Gasteiger partial charge in [0.15, 0.2) is 19.7 Å². The standard InChI is InChI=1S/C27H34ClF3N6O2Si/c1-17(2)36-16-22(27(29,30)31)34-23(36)18-8-9-19(15-37-24-20(14-33-37)13-32-25(28)35-24)21(12-18)38-10-11-39-40(6,7)26(3,4)5/h8-9,12-14,16-17H,10-11,15H2,1-7H3. The van der Waals surface area contributed by atoms with Crippen LogP contribution in [0.5, 0.6) is 5.75 Å². The highest BCUT2D eigenvalue weighted by molar-refractivity contribution is 6.74. The Labute approximate surface area is 237 Å². The van der Waals surface area contributed by atoms with E-state index >= 15 is 0 Å². The first kappa shape index (κ1) is 30.0. The Bertz CT molecular complexity index is 1490. The molecular formula is C27H34ClF3N6O2Si. The highest BCUT2D eigenvalue weighted by atomic mass is 35.5. The second-order valence-corrected chi connectivity index (χ2v) is 16.6. The normalized spacial score (nSPS) is 13.0. The number of nitrogens with zero attached hydrogens (tertiary/aromatic N) is 6. The summed E-state index contributed by atoms with van der Waals surface area (Å²) in [6, 6.07) is 5.03. The number of imidazole rings is 1. The van der Waals surface area contributed by atoms with Gasteiger partial charge in [-0.05, 0) is 49.6 Å². The van der Waals surface area contributed by atoms with Crippen LogP contribution < -0.4 is 4.74 Å². The van der Waals surface area contributed by atoms with Gasteiger partial charge in [-0.25, -0.2) is 14.6 Å². The van der Waals surface area contributed by atoms with Crippen molar-refractivity contribution in [2.75, 3.05) is 13.2 Å². The van der Waals surface area contributed by atoms with E-state index in [1.165, 1.54) is 4.57 Å². The fraction of sp³-hybridized carbons (Fsp3) is 0.481. The van der Waals surface area contributed by atoms with Crippen molar-refractivity contribution >= 4 is 31.0 Å². The summed E-state index contributed by atoms with van der Waals surface area (Å²) in [5, 5.41) is 5.29. The Morgan fingerprint density at radius 1 is 1.05 bits per heavy atom. The maximum atomic E-state index is 13.5. The molecule has 8 nitrogen and oxygen atoms in total. The zero-order chi connectivity index (χ0) is 29.5. The van der Waals surface area contributed by atoms with E-state index in [4.69, 9.17) is 20.8 Å². The van der Waals surface area contributed by atoms with Crippen LogP contribution >= 0.6 is 11.6 Å². The molecule has 0 aliphatic carbocycles. The molecule has 1 aromatic carbocycles. The molecule has 0 aliphatic heterocycles. The molecule has 0 amide bonds. The third-order valence-electron chi connectivity index (χ3n) is 7.18. The van der Waals surface area contributed by atoms with Crippen LogP contribution in [0, 0.1) is 0 Å². The number of rotatable bonds is 9. The lowest BCUT2D eigenvalue weighted by Gasteiger charge is -2.36. The number of fused-ring (bicyclic) bond motifs is 1. The van der Waals surface area contributed by atoms with Crippen molar-refractivity contribution in [1.29, 1.82) is 0 Å². The van der Waals surface area contributed by atoms with Gasteiger partial charge < -0.3 is 13.7 Å². The van der Waals surface area contributed by atoms with Gasteiger partial charge in [-0.1, -0.05) is 32.9 Å². The molecule has 40 heavy (non-hydrogen) atoms. The molecule has 0 bridgehead atoms. The molecule has 0 radical (unpaired) electrons. The lowest BCUT2D eigenvalue weighted by Crippen LogP contribution is -2.41. The van der Waals surface area contributed by atoms with Crippen LogP contribution in [0.3, 0.4) is 0 Å². The summed E-state index contributed by atoms with van der Waals surface area (Å²) in [4.78, 5) is 12.2. The van der Waals surface area contributed by atoms with Gasteiger partial charge in [0.1, 0.15) is 18.2 Å². The number of halogens is 4. The van der Waals surface area contributed by atoms with E-state index in [0.29, 0.717) is 30.1 Å². The van der Waals surface area contributed by atoms with Crippen LogP contribution in [0.1, 0.15) is 51.9 Å². The summed E-state index contributed by atoms with van der Waals surface area (Å²) in [5.41, 5.74) is 0.880. The molecule has 0 fully saturated rings. The topological polar surface area (TPSA) is 79.9 Å². The number of hydrogen-bond donors (Lipinski definition) is 0. The maximum absolute atomic E-state index is 13.5. The molecule has 0 saturated heterocycles. The fourth-order valence-corrected chi connectivity index (χ4v) is 5.04. The third-order valence-corrected chi connectivity index (χ3v) is 11.9. The van der Waals surface area contributed by atoms with Crippen molar-refractivity contribution in [2.45, 2.75) is 71.5 Å². The molecule has 4 rings (SSSR count). The van der Waals surface area contributed by atoms with E-state index < -0.39 is 20.2 Å². The average Bonchev–Trinajstić information content (AvgIpc) is 3.47. The first-order valence-corrected chi connectivity index (χ1v) is 16.3. The van der Waals surface area contributed by atoms with Crippen molar-refractivity contribution in [1.82, 2.24) is 29.3 Å². The van der Waals surface area contributed by atoms with Crippen LogP contribution in [-0.4, -0.2) is 50.8 Å². The van der Waals surface area contributed by atoms with Crippen LogP contribution in [0.25, 0.3) is 22.4 Å². The number of alkyl halides is 3. The molecule has 0 unspecified atom stereocenters. The van der Waals surface area contributed by atoms with E-state index in [9.17, 15) is 13.2 Å². The Morgan fingerprint density at radius 3 is 2.42 bits per heavy atom. The van der Waals surface area contributed by atoms with E-state index in [1.54, 1.807) is 29.2 Å². The highest BCUT2D eigenvalue weighted by Gasteiger charge is 2.37. The molecule has 4 aromatic rings. The average molecular weight is 595 g/mol. The lowest BCUT2D eigenvalue weighted by molar-refractivity contribution is -0.140. The molecule has 0 aliphatic rings. The second kappa shape index (κ2) is 11.1. The van der Waals surface area contributed by atoms with Crippen LogP contribution in [0.15, 0.2) is 36.8 Å². The van der Waals surface area contributed by atoms with E-state index in [1.807, 2.05) is 19.9 Å². The molecule has 0 atom stereocenters. The summed E-state index contributed by atoms with van der Waals surface area (Å²) in [6.45, 7) is 15.4. The maximum Gasteiger partial charge on any atom is 0.434 e. The van der Waals surface area contributed by atoms with E-state index in [0.717, 1.165) is 17.1 Å². The largest absolute Gasteiger partial charge is 0.491 e. The van der Waals surface area contributed by atoms with E-state index in [-0.39, 0.29) is 28.8 Å². The molecule has 13 heteroatoms. The lowest BCUT2D eigenvalue weighted by atomic mass is 10.1. The van der Waals surface area contributed by atoms with Gasteiger partial charge in [0.25, 0.3) is 0 Å². The first-order valence-electron chi connectivity index (χ1n) is 13.0. The molecule has 3 aromatic heterocycles. The van der Waals surface area contributed by atoms with Crippen molar-refractivity contribution in [2.24, 2.45) is 0 Å². The Kier molecular flexibility index (Phi) is 8.35. The van der Waals surface area contributed by atoms with Crippen LogP contribution in [-0.2, 0) is 17.1 Å². The van der Waals surface area contributed by atoms with Crippen molar-refractivity contribution in [3.63, 3.8) is 0 Å². The first-order chi connectivity index (χ1) is 18.6. The Hall–Kier alpha value is -2.96. The predicted molar refractivity (Wildman–Crippen MR) is 151 cm³/mol. The molecule has 0 spiro atoms. The highest BCUT2D eigenvalue weighted by Crippen LogP contribution is 2.37. The minimum absolute atomic E-state index is 0.0481. The summed E-state index contributed by atoms with van der Waals surface area (Å²) in [6.07, 6.45) is -0.275. The summed E-state index contributed by atoms with van der Waals surface area (Å²) in [5.74, 6) is 0.701. The minimum Gasteiger partial charge on any atom is -0.491 e. The molecule has 0 saturated carbocycles. The second-order valence-electron chi connectivity index (χ2n) is 11.4. The Balaban J connectivity index is 1.69. The van der Waals surface area contributed by atoms with Gasteiger partial charge in [0, 0.05) is 29.6 Å². The quantitative estimate of drug-likeness (QED) is 0.114. The van der Waals surface area contributed by atoms with Gasteiger partial charge in [-0.15, -0.1) is 0 Å². The molecule has 0 N–H and O–H groups in total. The van der Waals surface area contributed by atoms with Crippen molar-refractivity contribution in [3.8, 4) is 17.1 Å². The predicted octanol–water partition coefficient (Wildman–Crippen LogP) is 7.39. The third kappa shape index (κ3) is 6.50. The molecule has 3 heterocycles. The fourth-order valence-electron chi connectivity index (χ4n) is 3.88. The van der Waals surface area contributed by atoms with Gasteiger partial charge in [-0.2, -0.15) is 23.3 Å². The van der Waals surface area contributed by atoms with E-state index in [2.05, 4.69) is 53.9 Å². The zero-order valence-corrected chi connectivity index (χ0v) is 25.4. The number of benzene rings is 1. The number of hydrogen-bond acceptors (Lipinski definition) is 6. The van der Waals surface area contributed by atoms with Crippen LogP contribution in [0.2, 0.25) is 23.4 Å². The Morgan fingerprint density at radius 2 is 1.77 bits per heavy atom. The van der Waals surface area contributed by atoms with Gasteiger partial charge in [0.2, 0.25) is 5.28 Å². The molecule has 216 valence electrons. The monoisotopic (exact) mass is 594 g/mol. The van der Waals surface area contributed by atoms with Crippen LogP contribution in [0.4, 0.5) is 13.2 Å². The van der Waals surface area contributed by atoms with Gasteiger partial charge >= 0.3 is 6.18 Å². The zero-order valence-electron chi connectivity index (χ0n) is 23.7. The SMILES string of the molecule is CC(C)n1cc(C(F)(F)F)nc1-c1ccc(Cn2ncc3cnc(Cl)nc32)c(OCCO[Si](C)(C)C(C)(C)C)c1. The van der Waals surface area contributed by atoms with Crippen molar-refractivity contribution in [3.05, 3.63) is 53.3 Å². The van der Waals surface area contributed by atoms with Gasteiger partial charge in [0.05, 0.1) is 24.7 Å². The summed E-state index contributed by atoms with van der Waals surface area (Å²) in [7, 11) is -1.98. The number of aromatic nitrogens is 6. The summed E-state index contributed by atoms with van der Waals surface area (Å²) >= 11 is 6.01.